The van der Waals surface area contributed by atoms with Crippen LogP contribution < -0.4 is 5.73 Å². The average molecular weight is 221 g/mol. The van der Waals surface area contributed by atoms with Gasteiger partial charge in [0.2, 0.25) is 5.91 Å². The largest absolute Gasteiger partial charge is 0.370 e. The number of carbonyl (C=O) groups is 1. The van der Waals surface area contributed by atoms with E-state index in [-0.39, 0.29) is 18.0 Å². The summed E-state index contributed by atoms with van der Waals surface area (Å²) in [6.45, 7) is 4.71. The fourth-order valence-corrected chi connectivity index (χ4v) is 2.92. The molecule has 0 atom stereocenters. The van der Waals surface area contributed by atoms with E-state index in [0.717, 1.165) is 0 Å². The van der Waals surface area contributed by atoms with E-state index in [1.54, 1.807) is 0 Å². The van der Waals surface area contributed by atoms with Crippen molar-refractivity contribution in [3.05, 3.63) is 0 Å². The Morgan fingerprint density at radius 2 is 1.93 bits per heavy atom. The number of hydrogen-bond donors (Lipinski definition) is 1. The number of carbonyl (C=O) groups excluding carboxylic acids is 1. The lowest BCUT2D eigenvalue weighted by Gasteiger charge is -2.33. The van der Waals surface area contributed by atoms with E-state index in [1.807, 2.05) is 13.8 Å². The number of amides is 1. The minimum absolute atomic E-state index is 0.0394. The third-order valence-corrected chi connectivity index (χ3v) is 3.75. The summed E-state index contributed by atoms with van der Waals surface area (Å²) in [5.74, 6) is -0.489. The monoisotopic (exact) mass is 221 g/mol. The Balaban J connectivity index is 2.46. The first-order valence-corrected chi connectivity index (χ1v) is 6.22. The standard InChI is InChI=1S/C8H16NO4P/c1-8(2)5-12-14(11,13-6-8)4-3-7(9)10/h3-6H2,1-2H3,(H2,9,10). The van der Waals surface area contributed by atoms with E-state index >= 15 is 0 Å². The molecule has 0 aromatic heterocycles. The minimum Gasteiger partial charge on any atom is -0.370 e. The maximum Gasteiger partial charge on any atom is 0.331 e. The Morgan fingerprint density at radius 3 is 2.36 bits per heavy atom. The van der Waals surface area contributed by atoms with Crippen molar-refractivity contribution >= 4 is 13.5 Å². The molecule has 1 saturated heterocycles. The fourth-order valence-electron chi connectivity index (χ4n) is 1.00. The van der Waals surface area contributed by atoms with Gasteiger partial charge in [-0.15, -0.1) is 0 Å². The lowest BCUT2D eigenvalue weighted by atomic mass is 9.97. The van der Waals surface area contributed by atoms with E-state index in [0.29, 0.717) is 13.2 Å². The molecule has 1 fully saturated rings. The second-order valence-electron chi connectivity index (χ2n) is 4.26. The van der Waals surface area contributed by atoms with Crippen molar-refractivity contribution in [1.29, 1.82) is 0 Å². The van der Waals surface area contributed by atoms with Crippen LogP contribution >= 0.6 is 7.60 Å². The maximum absolute atomic E-state index is 11.8. The SMILES string of the molecule is CC1(C)COP(=O)(CCC(N)=O)OC1. The Bertz CT molecular complexity index is 263. The zero-order valence-corrected chi connectivity index (χ0v) is 9.38. The van der Waals surface area contributed by atoms with Crippen LogP contribution in [0.4, 0.5) is 0 Å². The smallest absolute Gasteiger partial charge is 0.331 e. The van der Waals surface area contributed by atoms with Crippen LogP contribution in [0.3, 0.4) is 0 Å². The first-order chi connectivity index (χ1) is 6.33. The van der Waals surface area contributed by atoms with Gasteiger partial charge in [0.15, 0.2) is 0 Å². The number of nitrogens with two attached hydrogens (primary N) is 1. The summed E-state index contributed by atoms with van der Waals surface area (Å²) in [6.07, 6.45) is 0.121. The Kier molecular flexibility index (Phi) is 3.35. The molecule has 6 heteroatoms. The molecule has 0 bridgehead atoms. The van der Waals surface area contributed by atoms with Gasteiger partial charge in [-0.1, -0.05) is 13.8 Å². The Morgan fingerprint density at radius 1 is 1.43 bits per heavy atom. The molecule has 0 aliphatic carbocycles. The summed E-state index contributed by atoms with van der Waals surface area (Å²) in [4.78, 5) is 10.5. The normalized spacial score (nSPS) is 24.4. The molecule has 1 aliphatic heterocycles. The molecule has 0 spiro atoms. The van der Waals surface area contributed by atoms with Crippen LogP contribution in [0, 0.1) is 5.41 Å². The van der Waals surface area contributed by atoms with Crippen molar-refractivity contribution in [2.45, 2.75) is 20.3 Å². The van der Waals surface area contributed by atoms with Crippen LogP contribution in [0.1, 0.15) is 20.3 Å². The van der Waals surface area contributed by atoms with Gasteiger partial charge >= 0.3 is 7.60 Å². The molecule has 14 heavy (non-hydrogen) atoms. The molecule has 1 amide bonds. The van der Waals surface area contributed by atoms with E-state index in [9.17, 15) is 9.36 Å². The zero-order valence-electron chi connectivity index (χ0n) is 8.49. The van der Waals surface area contributed by atoms with Crippen molar-refractivity contribution in [3.8, 4) is 0 Å². The van der Waals surface area contributed by atoms with Crippen LogP contribution in [0.2, 0.25) is 0 Å². The molecular weight excluding hydrogens is 205 g/mol. The third kappa shape index (κ3) is 3.40. The highest BCUT2D eigenvalue weighted by Crippen LogP contribution is 2.53. The molecule has 1 heterocycles. The van der Waals surface area contributed by atoms with Crippen LogP contribution in [0.5, 0.6) is 0 Å². The van der Waals surface area contributed by atoms with Crippen molar-refractivity contribution < 1.29 is 18.4 Å². The highest BCUT2D eigenvalue weighted by Gasteiger charge is 2.36. The molecule has 82 valence electrons. The molecule has 0 unspecified atom stereocenters. The van der Waals surface area contributed by atoms with E-state index < -0.39 is 13.5 Å². The van der Waals surface area contributed by atoms with Gasteiger partial charge in [0.05, 0.1) is 19.4 Å². The van der Waals surface area contributed by atoms with Gasteiger partial charge in [-0.25, -0.2) is 0 Å². The highest BCUT2D eigenvalue weighted by molar-refractivity contribution is 7.53. The second-order valence-corrected chi connectivity index (χ2v) is 6.45. The van der Waals surface area contributed by atoms with Crippen molar-refractivity contribution in [1.82, 2.24) is 0 Å². The summed E-state index contributed by atoms with van der Waals surface area (Å²) in [5.41, 5.74) is 4.84. The van der Waals surface area contributed by atoms with E-state index in [4.69, 9.17) is 14.8 Å². The van der Waals surface area contributed by atoms with Crippen molar-refractivity contribution in [2.75, 3.05) is 19.4 Å². The maximum atomic E-state index is 11.8. The quantitative estimate of drug-likeness (QED) is 0.724. The molecule has 0 saturated carbocycles. The summed E-state index contributed by atoms with van der Waals surface area (Å²) in [7, 11) is -3.05. The zero-order chi connectivity index (χ0) is 10.8. The molecule has 0 radical (unpaired) electrons. The van der Waals surface area contributed by atoms with Gasteiger partial charge in [0.25, 0.3) is 0 Å². The molecule has 0 aromatic carbocycles. The van der Waals surface area contributed by atoms with Crippen LogP contribution in [0.25, 0.3) is 0 Å². The Hall–Kier alpha value is -0.380. The van der Waals surface area contributed by atoms with Crippen LogP contribution in [0.15, 0.2) is 0 Å². The number of rotatable bonds is 3. The molecule has 5 nitrogen and oxygen atoms in total. The van der Waals surface area contributed by atoms with E-state index in [1.165, 1.54) is 0 Å². The number of hydrogen-bond acceptors (Lipinski definition) is 4. The lowest BCUT2D eigenvalue weighted by molar-refractivity contribution is -0.117. The molecule has 1 rings (SSSR count). The molecule has 2 N–H and O–H groups in total. The third-order valence-electron chi connectivity index (χ3n) is 1.94. The lowest BCUT2D eigenvalue weighted by Crippen LogP contribution is -2.30. The van der Waals surface area contributed by atoms with Gasteiger partial charge < -0.3 is 14.8 Å². The first-order valence-electron chi connectivity index (χ1n) is 4.49. The van der Waals surface area contributed by atoms with Gasteiger partial charge in [-0.2, -0.15) is 0 Å². The fraction of sp³-hybridized carbons (Fsp3) is 0.875. The molecule has 0 aromatic rings. The minimum atomic E-state index is -3.05. The first kappa shape index (κ1) is 11.7. The van der Waals surface area contributed by atoms with Gasteiger partial charge in [0.1, 0.15) is 0 Å². The number of primary amides is 1. The predicted octanol–water partition coefficient (Wildman–Crippen LogP) is 1.13. The molecule has 1 aliphatic rings. The summed E-state index contributed by atoms with van der Waals surface area (Å²) in [5, 5.41) is 0. The van der Waals surface area contributed by atoms with Crippen molar-refractivity contribution in [2.24, 2.45) is 11.1 Å². The predicted molar refractivity (Wildman–Crippen MR) is 52.0 cm³/mol. The second kappa shape index (κ2) is 4.01. The molecular formula is C8H16NO4P. The summed E-state index contributed by atoms with van der Waals surface area (Å²) >= 11 is 0. The topological polar surface area (TPSA) is 78.6 Å². The van der Waals surface area contributed by atoms with Gasteiger partial charge in [-0.3, -0.25) is 9.36 Å². The summed E-state index contributed by atoms with van der Waals surface area (Å²) < 4.78 is 22.1. The van der Waals surface area contributed by atoms with Gasteiger partial charge in [0, 0.05) is 11.8 Å². The Labute approximate surface area is 83.5 Å². The summed E-state index contributed by atoms with van der Waals surface area (Å²) in [6, 6.07) is 0. The average Bonchev–Trinajstić information content (AvgIpc) is 2.08. The van der Waals surface area contributed by atoms with Crippen molar-refractivity contribution in [3.63, 3.8) is 0 Å². The van der Waals surface area contributed by atoms with Crippen LogP contribution in [-0.4, -0.2) is 25.3 Å². The highest BCUT2D eigenvalue weighted by atomic mass is 31.2. The van der Waals surface area contributed by atoms with E-state index in [2.05, 4.69) is 0 Å². The van der Waals surface area contributed by atoms with Crippen LogP contribution in [-0.2, 0) is 18.4 Å². The van der Waals surface area contributed by atoms with Gasteiger partial charge in [-0.05, 0) is 0 Å².